The van der Waals surface area contributed by atoms with Crippen LogP contribution in [0.2, 0.25) is 0 Å². The van der Waals surface area contributed by atoms with E-state index in [1.807, 2.05) is 31.2 Å². The second kappa shape index (κ2) is 9.32. The van der Waals surface area contributed by atoms with Crippen molar-refractivity contribution < 1.29 is 19.1 Å². The van der Waals surface area contributed by atoms with Gasteiger partial charge < -0.3 is 19.7 Å². The van der Waals surface area contributed by atoms with Gasteiger partial charge in [-0.15, -0.1) is 11.8 Å². The lowest BCUT2D eigenvalue weighted by atomic mass is 10.1. The first-order chi connectivity index (χ1) is 12.8. The topological polar surface area (TPSA) is 67.9 Å². The Bertz CT molecular complexity index is 819. The Balaban J connectivity index is 2.20. The number of amides is 2. The third-order valence-corrected chi connectivity index (χ3v) is 4.84. The van der Waals surface area contributed by atoms with Crippen molar-refractivity contribution in [2.24, 2.45) is 0 Å². The maximum Gasteiger partial charge on any atom is 0.255 e. The number of ether oxygens (including phenoxy) is 2. The van der Waals surface area contributed by atoms with Crippen LogP contribution in [0.15, 0.2) is 41.3 Å². The molecule has 27 heavy (non-hydrogen) atoms. The average Bonchev–Trinajstić information content (AvgIpc) is 2.66. The van der Waals surface area contributed by atoms with E-state index in [1.54, 1.807) is 26.2 Å². The maximum atomic E-state index is 12.5. The molecular weight excluding hydrogens is 364 g/mol. The molecule has 0 unspecified atom stereocenters. The van der Waals surface area contributed by atoms with E-state index in [2.05, 4.69) is 5.32 Å². The third-order valence-electron chi connectivity index (χ3n) is 3.83. The quantitative estimate of drug-likeness (QED) is 0.736. The molecule has 0 fully saturated rings. The molecule has 0 aliphatic carbocycles. The number of methoxy groups -OCH3 is 2. The lowest BCUT2D eigenvalue weighted by molar-refractivity contribution is -0.113. The molecule has 0 saturated heterocycles. The second-order valence-electron chi connectivity index (χ2n) is 6.10. The number of carbonyl (C=O) groups is 2. The van der Waals surface area contributed by atoms with Gasteiger partial charge in [-0.1, -0.05) is 17.7 Å². The summed E-state index contributed by atoms with van der Waals surface area (Å²) < 4.78 is 10.6. The van der Waals surface area contributed by atoms with E-state index in [0.717, 1.165) is 4.90 Å². The number of anilines is 1. The normalized spacial score (nSPS) is 10.3. The summed E-state index contributed by atoms with van der Waals surface area (Å²) in [6.07, 6.45) is 0. The van der Waals surface area contributed by atoms with Gasteiger partial charge in [-0.25, -0.2) is 0 Å². The number of hydrogen-bond acceptors (Lipinski definition) is 5. The summed E-state index contributed by atoms with van der Waals surface area (Å²) in [5.74, 6) is 0.648. The SMILES string of the molecule is COc1cc(NC(=O)CSc2ccc(C)cc2)c(C(=O)N(C)C)cc1OC. The molecule has 0 aliphatic heterocycles. The van der Waals surface area contributed by atoms with Gasteiger partial charge in [-0.05, 0) is 25.1 Å². The van der Waals surface area contributed by atoms with Crippen LogP contribution < -0.4 is 14.8 Å². The van der Waals surface area contributed by atoms with E-state index in [-0.39, 0.29) is 17.6 Å². The van der Waals surface area contributed by atoms with Gasteiger partial charge in [0.1, 0.15) is 0 Å². The largest absolute Gasteiger partial charge is 0.493 e. The highest BCUT2D eigenvalue weighted by Crippen LogP contribution is 2.34. The average molecular weight is 388 g/mol. The molecular formula is C20H24N2O4S. The number of carbonyl (C=O) groups excluding carboxylic acids is 2. The van der Waals surface area contributed by atoms with Crippen LogP contribution in [-0.4, -0.2) is 50.8 Å². The van der Waals surface area contributed by atoms with E-state index in [9.17, 15) is 9.59 Å². The van der Waals surface area contributed by atoms with Crippen LogP contribution in [0.5, 0.6) is 11.5 Å². The van der Waals surface area contributed by atoms with Crippen molar-refractivity contribution in [1.82, 2.24) is 4.90 Å². The van der Waals surface area contributed by atoms with Gasteiger partial charge in [-0.3, -0.25) is 9.59 Å². The van der Waals surface area contributed by atoms with Crippen LogP contribution in [0.3, 0.4) is 0 Å². The predicted molar refractivity (Wildman–Crippen MR) is 108 cm³/mol. The first kappa shape index (κ1) is 20.6. The highest BCUT2D eigenvalue weighted by molar-refractivity contribution is 8.00. The van der Waals surface area contributed by atoms with Gasteiger partial charge in [0.15, 0.2) is 11.5 Å². The molecule has 0 saturated carbocycles. The zero-order chi connectivity index (χ0) is 20.0. The molecule has 1 N–H and O–H groups in total. The Morgan fingerprint density at radius 2 is 1.63 bits per heavy atom. The van der Waals surface area contributed by atoms with E-state index in [4.69, 9.17) is 9.47 Å². The fourth-order valence-electron chi connectivity index (χ4n) is 2.37. The van der Waals surface area contributed by atoms with E-state index in [1.165, 1.54) is 36.4 Å². The van der Waals surface area contributed by atoms with E-state index < -0.39 is 0 Å². The Hall–Kier alpha value is -2.67. The van der Waals surface area contributed by atoms with Crippen molar-refractivity contribution >= 4 is 29.3 Å². The Labute approximate surface area is 163 Å². The zero-order valence-electron chi connectivity index (χ0n) is 16.2. The number of hydrogen-bond donors (Lipinski definition) is 1. The minimum Gasteiger partial charge on any atom is -0.493 e. The van der Waals surface area contributed by atoms with Gasteiger partial charge >= 0.3 is 0 Å². The molecule has 6 nitrogen and oxygen atoms in total. The van der Waals surface area contributed by atoms with Crippen molar-refractivity contribution in [3.8, 4) is 11.5 Å². The molecule has 0 spiro atoms. The lowest BCUT2D eigenvalue weighted by Gasteiger charge is -2.18. The van der Waals surface area contributed by atoms with Crippen LogP contribution in [0, 0.1) is 6.92 Å². The summed E-state index contributed by atoms with van der Waals surface area (Å²) >= 11 is 1.43. The fraction of sp³-hybridized carbons (Fsp3) is 0.300. The minimum atomic E-state index is -0.238. The third kappa shape index (κ3) is 5.40. The number of benzene rings is 2. The summed E-state index contributed by atoms with van der Waals surface area (Å²) in [4.78, 5) is 27.4. The second-order valence-corrected chi connectivity index (χ2v) is 7.15. The van der Waals surface area contributed by atoms with Crippen LogP contribution in [0.4, 0.5) is 5.69 Å². The Morgan fingerprint density at radius 1 is 1.04 bits per heavy atom. The van der Waals surface area contributed by atoms with Crippen LogP contribution in [0.1, 0.15) is 15.9 Å². The summed E-state index contributed by atoms with van der Waals surface area (Å²) in [5, 5.41) is 2.81. The zero-order valence-corrected chi connectivity index (χ0v) is 17.0. The summed E-state index contributed by atoms with van der Waals surface area (Å²) in [5.41, 5.74) is 1.90. The fourth-order valence-corrected chi connectivity index (χ4v) is 3.07. The summed E-state index contributed by atoms with van der Waals surface area (Å²) in [6, 6.07) is 11.1. The Morgan fingerprint density at radius 3 is 2.19 bits per heavy atom. The molecule has 0 atom stereocenters. The van der Waals surface area contributed by atoms with E-state index >= 15 is 0 Å². The molecule has 0 heterocycles. The summed E-state index contributed by atoms with van der Waals surface area (Å²) in [6.45, 7) is 2.02. The number of nitrogens with one attached hydrogen (secondary N) is 1. The van der Waals surface area contributed by atoms with Crippen molar-refractivity contribution in [3.05, 3.63) is 47.5 Å². The van der Waals surface area contributed by atoms with Gasteiger partial charge in [0.05, 0.1) is 31.2 Å². The summed E-state index contributed by atoms with van der Waals surface area (Å²) in [7, 11) is 6.30. The van der Waals surface area contributed by atoms with Crippen molar-refractivity contribution in [3.63, 3.8) is 0 Å². The lowest BCUT2D eigenvalue weighted by Crippen LogP contribution is -2.24. The van der Waals surface area contributed by atoms with Crippen molar-refractivity contribution in [1.29, 1.82) is 0 Å². The maximum absolute atomic E-state index is 12.5. The van der Waals surface area contributed by atoms with Gasteiger partial charge in [0.2, 0.25) is 5.91 Å². The predicted octanol–water partition coefficient (Wildman–Crippen LogP) is 3.44. The molecule has 2 aromatic rings. The van der Waals surface area contributed by atoms with Crippen molar-refractivity contribution in [2.75, 3.05) is 39.4 Å². The molecule has 0 aromatic heterocycles. The molecule has 0 aliphatic rings. The van der Waals surface area contributed by atoms with Crippen LogP contribution >= 0.6 is 11.8 Å². The number of rotatable bonds is 7. The highest BCUT2D eigenvalue weighted by Gasteiger charge is 2.19. The van der Waals surface area contributed by atoms with Gasteiger partial charge in [0.25, 0.3) is 5.91 Å². The highest BCUT2D eigenvalue weighted by atomic mass is 32.2. The smallest absolute Gasteiger partial charge is 0.255 e. The molecule has 0 bridgehead atoms. The molecule has 2 aromatic carbocycles. The minimum absolute atomic E-state index is 0.208. The van der Waals surface area contributed by atoms with Crippen LogP contribution in [-0.2, 0) is 4.79 Å². The molecule has 7 heteroatoms. The monoisotopic (exact) mass is 388 g/mol. The number of thioether (sulfide) groups is 1. The molecule has 0 radical (unpaired) electrons. The number of aryl methyl sites for hydroxylation is 1. The number of nitrogens with zero attached hydrogens (tertiary/aromatic N) is 1. The standard InChI is InChI=1S/C20H24N2O4S/c1-13-6-8-14(9-7-13)27-12-19(23)21-16-11-18(26-5)17(25-4)10-15(16)20(24)22(2)3/h6-11H,12H2,1-5H3,(H,21,23). The molecule has 144 valence electrons. The first-order valence-corrected chi connectivity index (χ1v) is 9.31. The van der Waals surface area contributed by atoms with Gasteiger partial charge in [0, 0.05) is 25.1 Å². The first-order valence-electron chi connectivity index (χ1n) is 8.32. The van der Waals surface area contributed by atoms with Crippen LogP contribution in [0.25, 0.3) is 0 Å². The van der Waals surface area contributed by atoms with Crippen molar-refractivity contribution in [2.45, 2.75) is 11.8 Å². The Kier molecular flexibility index (Phi) is 7.12. The van der Waals surface area contributed by atoms with E-state index in [0.29, 0.717) is 22.7 Å². The van der Waals surface area contributed by atoms with Gasteiger partial charge in [-0.2, -0.15) is 0 Å². The molecule has 2 rings (SSSR count). The molecule has 2 amide bonds.